The fourth-order valence-corrected chi connectivity index (χ4v) is 8.92. The molecule has 4 fully saturated rings. The third-order valence-electron chi connectivity index (χ3n) is 10.9. The zero-order chi connectivity index (χ0) is 26.6. The number of aliphatic carboxylic acids is 1. The highest BCUT2D eigenvalue weighted by molar-refractivity contribution is 5.88. The van der Waals surface area contributed by atoms with Crippen LogP contribution in [0.15, 0.2) is 22.8 Å². The molecule has 0 amide bonds. The molecule has 0 heterocycles. The Morgan fingerprint density at radius 1 is 1.17 bits per heavy atom. The topological polar surface area (TPSA) is 80.7 Å². The SMILES string of the molecule is CC(=O)O[C@H]1C[C@]2(C)[C+](C)[C@@H]3C[C@H]4[C@H](C)C(=O)CC[C@]4(C)[C@@H]3CC[C@H]2/C1=C(\CCC=C(C)C)C(=O)O. The molecule has 4 aliphatic carbocycles. The van der Waals surface area contributed by atoms with E-state index < -0.39 is 12.1 Å². The number of esters is 1. The van der Waals surface area contributed by atoms with Crippen molar-refractivity contribution in [3.63, 3.8) is 0 Å². The number of allylic oxidation sites excluding steroid dienone is 2. The quantitative estimate of drug-likeness (QED) is 0.197. The van der Waals surface area contributed by atoms with Gasteiger partial charge >= 0.3 is 11.9 Å². The summed E-state index contributed by atoms with van der Waals surface area (Å²) in [6, 6.07) is 0. The van der Waals surface area contributed by atoms with E-state index in [-0.39, 0.29) is 28.6 Å². The maximum Gasteiger partial charge on any atom is 0.331 e. The number of fused-ring (bicyclic) bond motifs is 4. The smallest absolute Gasteiger partial charge is 0.331 e. The average molecular weight is 498 g/mol. The molecule has 198 valence electrons. The van der Waals surface area contributed by atoms with Gasteiger partial charge in [0.1, 0.15) is 23.2 Å². The van der Waals surface area contributed by atoms with Gasteiger partial charge in [-0.3, -0.25) is 9.59 Å². The largest absolute Gasteiger partial charge is 0.478 e. The monoisotopic (exact) mass is 497 g/mol. The van der Waals surface area contributed by atoms with E-state index in [0.717, 1.165) is 31.3 Å². The summed E-state index contributed by atoms with van der Waals surface area (Å²) in [5, 5.41) is 10.3. The Morgan fingerprint density at radius 2 is 1.86 bits per heavy atom. The van der Waals surface area contributed by atoms with Gasteiger partial charge in [0.2, 0.25) is 0 Å². The molecule has 0 spiro atoms. The number of ketones is 1. The number of carboxylic acid groups (broad SMARTS) is 1. The van der Waals surface area contributed by atoms with E-state index in [1.165, 1.54) is 18.4 Å². The molecule has 36 heavy (non-hydrogen) atoms. The van der Waals surface area contributed by atoms with Crippen molar-refractivity contribution in [1.29, 1.82) is 0 Å². The highest BCUT2D eigenvalue weighted by Crippen LogP contribution is 2.69. The lowest BCUT2D eigenvalue weighted by molar-refractivity contribution is -0.145. The number of rotatable bonds is 5. The Bertz CT molecular complexity index is 987. The predicted octanol–water partition coefficient (Wildman–Crippen LogP) is 6.72. The number of carboxylic acids is 1. The maximum absolute atomic E-state index is 12.6. The van der Waals surface area contributed by atoms with Crippen LogP contribution >= 0.6 is 0 Å². The molecule has 4 saturated carbocycles. The zero-order valence-corrected chi connectivity index (χ0v) is 23.3. The minimum absolute atomic E-state index is 0.0648. The van der Waals surface area contributed by atoms with E-state index >= 15 is 0 Å². The minimum Gasteiger partial charge on any atom is -0.478 e. The minimum atomic E-state index is -0.887. The summed E-state index contributed by atoms with van der Waals surface area (Å²) in [6.07, 6.45) is 8.02. The molecular formula is C31H45O5+. The number of hydrogen-bond donors (Lipinski definition) is 1. The molecule has 0 aromatic carbocycles. The van der Waals surface area contributed by atoms with Crippen LogP contribution in [0.2, 0.25) is 0 Å². The van der Waals surface area contributed by atoms with Gasteiger partial charge in [0, 0.05) is 43.1 Å². The van der Waals surface area contributed by atoms with Crippen molar-refractivity contribution < 1.29 is 24.2 Å². The predicted molar refractivity (Wildman–Crippen MR) is 140 cm³/mol. The highest BCUT2D eigenvalue weighted by atomic mass is 16.5. The van der Waals surface area contributed by atoms with Crippen molar-refractivity contribution in [1.82, 2.24) is 0 Å². The van der Waals surface area contributed by atoms with E-state index in [1.54, 1.807) is 0 Å². The van der Waals surface area contributed by atoms with Crippen molar-refractivity contribution in [2.75, 3.05) is 0 Å². The van der Waals surface area contributed by atoms with Crippen molar-refractivity contribution in [2.45, 2.75) is 106 Å². The van der Waals surface area contributed by atoms with Crippen molar-refractivity contribution in [2.24, 2.45) is 40.4 Å². The molecule has 0 bridgehead atoms. The summed E-state index contributed by atoms with van der Waals surface area (Å²) in [4.78, 5) is 37.3. The Hall–Kier alpha value is -2.04. The molecule has 0 aliphatic heterocycles. The van der Waals surface area contributed by atoms with Crippen LogP contribution in [0.4, 0.5) is 0 Å². The molecule has 0 unspecified atom stereocenters. The lowest BCUT2D eigenvalue weighted by atomic mass is 9.60. The molecule has 0 saturated heterocycles. The summed E-state index contributed by atoms with van der Waals surface area (Å²) in [5.41, 5.74) is 2.41. The zero-order valence-electron chi connectivity index (χ0n) is 23.3. The number of carbonyl (C=O) groups is 3. The number of ether oxygens (including phenoxy) is 1. The summed E-state index contributed by atoms with van der Waals surface area (Å²) >= 11 is 0. The highest BCUT2D eigenvalue weighted by Gasteiger charge is 2.69. The first-order chi connectivity index (χ1) is 16.8. The van der Waals surface area contributed by atoms with E-state index in [1.807, 2.05) is 13.8 Å². The molecule has 8 atom stereocenters. The first kappa shape index (κ1) is 27.0. The van der Waals surface area contributed by atoms with Gasteiger partial charge in [-0.25, -0.2) is 4.79 Å². The van der Waals surface area contributed by atoms with E-state index in [9.17, 15) is 19.5 Å². The second-order valence-electron chi connectivity index (χ2n) is 12.9. The number of carbonyl (C=O) groups excluding carboxylic acids is 2. The first-order valence-corrected chi connectivity index (χ1v) is 13.9. The van der Waals surface area contributed by atoms with Crippen LogP contribution in [0.1, 0.15) is 99.8 Å². The van der Waals surface area contributed by atoms with Gasteiger partial charge in [0.05, 0.1) is 12.8 Å². The maximum atomic E-state index is 12.6. The standard InChI is InChI=1S/C31H44O5/c1-17(2)9-8-10-21(29(34)35)28-24-12-11-23-22(15-25-18(3)26(33)13-14-30(23,25)6)19(4)31(24,7)16-27(28)36-20(5)32/h9,18,22-25,27H,8,10-16H2,1-7H3/p+1/b28-21-/t18-,22-,23+,24-,25-,27-,30+,31+/m0/s1. The molecule has 5 heteroatoms. The van der Waals surface area contributed by atoms with Crippen LogP contribution in [-0.2, 0) is 19.1 Å². The van der Waals surface area contributed by atoms with Crippen LogP contribution in [0, 0.1) is 46.3 Å². The average Bonchev–Trinajstić information content (AvgIpc) is 3.19. The normalized spacial score (nSPS) is 41.1. The van der Waals surface area contributed by atoms with Crippen LogP contribution in [0.5, 0.6) is 0 Å². The first-order valence-electron chi connectivity index (χ1n) is 13.9. The Morgan fingerprint density at radius 3 is 2.47 bits per heavy atom. The number of Topliss-reactive ketones (excluding diaryl/α,β-unsaturated/α-hetero) is 1. The molecule has 0 aromatic rings. The third kappa shape index (κ3) is 4.35. The molecule has 4 rings (SSSR count). The molecule has 4 aliphatic rings. The fraction of sp³-hybridized carbons (Fsp3) is 0.742. The van der Waals surface area contributed by atoms with Gasteiger partial charge in [-0.1, -0.05) is 25.5 Å². The van der Waals surface area contributed by atoms with Crippen LogP contribution in [0.3, 0.4) is 0 Å². The molecular weight excluding hydrogens is 452 g/mol. The Kier molecular flexibility index (Phi) is 7.27. The second kappa shape index (κ2) is 9.68. The summed E-state index contributed by atoms with van der Waals surface area (Å²) < 4.78 is 5.85. The lowest BCUT2D eigenvalue weighted by Crippen LogP contribution is -2.40. The molecule has 0 radical (unpaired) electrons. The third-order valence-corrected chi connectivity index (χ3v) is 10.9. The van der Waals surface area contributed by atoms with Crippen LogP contribution in [-0.4, -0.2) is 28.9 Å². The van der Waals surface area contributed by atoms with Crippen LogP contribution in [0.25, 0.3) is 0 Å². The van der Waals surface area contributed by atoms with Gasteiger partial charge in [-0.2, -0.15) is 0 Å². The number of hydrogen-bond acceptors (Lipinski definition) is 4. The summed E-state index contributed by atoms with van der Waals surface area (Å²) in [7, 11) is 0. The van der Waals surface area contributed by atoms with Crippen molar-refractivity contribution in [3.8, 4) is 0 Å². The van der Waals surface area contributed by atoms with E-state index in [0.29, 0.717) is 54.8 Å². The van der Waals surface area contributed by atoms with E-state index in [2.05, 4.69) is 33.8 Å². The van der Waals surface area contributed by atoms with Crippen LogP contribution < -0.4 is 0 Å². The van der Waals surface area contributed by atoms with Gasteiger partial charge in [-0.05, 0) is 76.2 Å². The van der Waals surface area contributed by atoms with E-state index in [4.69, 9.17) is 4.74 Å². The second-order valence-corrected chi connectivity index (χ2v) is 12.9. The van der Waals surface area contributed by atoms with Crippen molar-refractivity contribution >= 4 is 17.7 Å². The Balaban J connectivity index is 1.75. The summed E-state index contributed by atoms with van der Waals surface area (Å²) in [5.74, 6) is 2.17. The van der Waals surface area contributed by atoms with Gasteiger partial charge in [-0.15, -0.1) is 0 Å². The van der Waals surface area contributed by atoms with Gasteiger partial charge in [0.15, 0.2) is 0 Å². The van der Waals surface area contributed by atoms with Gasteiger partial charge < -0.3 is 9.84 Å². The summed E-state index contributed by atoms with van der Waals surface area (Å²) in [6.45, 7) is 14.6. The molecule has 5 nitrogen and oxygen atoms in total. The van der Waals surface area contributed by atoms with Gasteiger partial charge in [0.25, 0.3) is 0 Å². The Labute approximate surface area is 217 Å². The fourth-order valence-electron chi connectivity index (χ4n) is 8.92. The van der Waals surface area contributed by atoms with Crippen molar-refractivity contribution in [3.05, 3.63) is 28.7 Å². The molecule has 0 aromatic heterocycles. The lowest BCUT2D eigenvalue weighted by Gasteiger charge is -2.43. The molecule has 1 N–H and O–H groups in total.